The van der Waals surface area contributed by atoms with Crippen LogP contribution in [0, 0.1) is 11.2 Å². The lowest BCUT2D eigenvalue weighted by Crippen LogP contribution is -2.55. The Labute approximate surface area is 280 Å². The smallest absolute Gasteiger partial charge is 0.428 e. The molecule has 0 aromatic heterocycles. The number of halogens is 1. The molecule has 0 heterocycles. The number of hydrazine groups is 1. The molecule has 2 N–H and O–H groups in total. The minimum atomic E-state index is -3.54. The second-order valence-corrected chi connectivity index (χ2v) is 15.7. The van der Waals surface area contributed by atoms with Gasteiger partial charge in [-0.2, -0.15) is 0 Å². The van der Waals surface area contributed by atoms with Gasteiger partial charge in [-0.3, -0.25) is 10.2 Å². The van der Waals surface area contributed by atoms with Crippen LogP contribution in [0.15, 0.2) is 23.8 Å². The molecule has 0 aliphatic rings. The summed E-state index contributed by atoms with van der Waals surface area (Å²) in [5.74, 6) is -2.63. The van der Waals surface area contributed by atoms with Gasteiger partial charge < -0.3 is 19.3 Å². The number of amides is 2. The van der Waals surface area contributed by atoms with Crippen LogP contribution in [0.25, 0.3) is 6.08 Å². The Balaban J connectivity index is 3.75. The summed E-state index contributed by atoms with van der Waals surface area (Å²) >= 11 is 0. The fourth-order valence-electron chi connectivity index (χ4n) is 5.03. The topological polar surface area (TPSA) is 149 Å². The maximum atomic E-state index is 16.6. The van der Waals surface area contributed by atoms with Gasteiger partial charge in [0.1, 0.15) is 16.8 Å². The van der Waals surface area contributed by atoms with Crippen LogP contribution in [0.4, 0.5) is 9.18 Å². The number of unbranched alkanes of at least 4 members (excludes halogenated alkanes) is 1. The van der Waals surface area contributed by atoms with Crippen LogP contribution >= 0.6 is 0 Å². The van der Waals surface area contributed by atoms with Crippen molar-refractivity contribution in [2.45, 2.75) is 98.5 Å². The molecule has 1 atom stereocenters. The molecule has 1 aromatic rings. The zero-order valence-corrected chi connectivity index (χ0v) is 30.4. The number of hydrogen-bond acceptors (Lipinski definition) is 9. The summed E-state index contributed by atoms with van der Waals surface area (Å²) in [6, 6.07) is 4.52. The first kappa shape index (κ1) is 42.0. The number of carbonyl (C=O) groups is 3. The van der Waals surface area contributed by atoms with Crippen LogP contribution in [-0.4, -0.2) is 87.1 Å². The Morgan fingerprint density at radius 3 is 2.30 bits per heavy atom. The molecule has 0 saturated carbocycles. The van der Waals surface area contributed by atoms with Crippen LogP contribution < -0.4 is 5.43 Å². The minimum Gasteiger partial charge on any atom is -0.463 e. The number of rotatable bonds is 18. The molecule has 2 amide bonds. The Morgan fingerprint density at radius 1 is 1.06 bits per heavy atom. The first-order valence-electron chi connectivity index (χ1n) is 16.1. The van der Waals surface area contributed by atoms with E-state index in [1.807, 2.05) is 6.92 Å². The zero-order valence-electron chi connectivity index (χ0n) is 29.5. The maximum absolute atomic E-state index is 16.6. The summed E-state index contributed by atoms with van der Waals surface area (Å²) in [7, 11) is -2.21. The molecule has 0 bridgehead atoms. The van der Waals surface area contributed by atoms with Crippen LogP contribution in [0.2, 0.25) is 0 Å². The van der Waals surface area contributed by atoms with Gasteiger partial charge in [-0.25, -0.2) is 27.4 Å². The van der Waals surface area contributed by atoms with Crippen molar-refractivity contribution in [3.8, 4) is 0 Å². The lowest BCUT2D eigenvalue weighted by Gasteiger charge is -2.36. The largest absolute Gasteiger partial charge is 0.463 e. The number of benzene rings is 1. The standard InChI is InChI=1S/C34H55FN2O9S/c1-10-12-20-44-23-34(30(40)36-37(9)31(41)46-32(4,5)6,18-14-17-33(7,8)24-47(42,43)21-19-38)27-16-13-15-26(28(27)35)22-25(3)29(39)45-11-2/h13,15-16,22,38H,10-12,14,17-21,23-24H2,1-9H3,(H,36,40)/b25-22+. The van der Waals surface area contributed by atoms with Crippen molar-refractivity contribution in [3.05, 3.63) is 40.7 Å². The van der Waals surface area contributed by atoms with E-state index in [4.69, 9.17) is 14.2 Å². The highest BCUT2D eigenvalue weighted by Crippen LogP contribution is 2.37. The first-order valence-corrected chi connectivity index (χ1v) is 17.9. The van der Waals surface area contributed by atoms with E-state index < -0.39 is 56.7 Å². The van der Waals surface area contributed by atoms with Crippen molar-refractivity contribution >= 4 is 33.9 Å². The fourth-order valence-corrected chi connectivity index (χ4v) is 6.79. The van der Waals surface area contributed by atoms with E-state index in [1.165, 1.54) is 32.2 Å². The number of ether oxygens (including phenoxy) is 3. The summed E-state index contributed by atoms with van der Waals surface area (Å²) in [4.78, 5) is 39.5. The summed E-state index contributed by atoms with van der Waals surface area (Å²) in [5.41, 5.74) is -0.495. The molecule has 1 rings (SSSR count). The number of aliphatic hydroxyl groups excluding tert-OH is 1. The SMILES string of the molecule is CCCCOCC(CCCC(C)(C)CS(=O)(=O)CCO)(C(=O)NN(C)C(=O)OC(C)(C)C)c1cccc(/C=C(\C)C(=O)OCC)c1F. The quantitative estimate of drug-likeness (QED) is 0.0903. The lowest BCUT2D eigenvalue weighted by molar-refractivity contribution is -0.138. The highest BCUT2D eigenvalue weighted by Gasteiger charge is 2.44. The minimum absolute atomic E-state index is 0.0137. The number of esters is 1. The molecule has 1 unspecified atom stereocenters. The molecule has 0 fully saturated rings. The third kappa shape index (κ3) is 13.9. The third-order valence-corrected chi connectivity index (χ3v) is 9.37. The van der Waals surface area contributed by atoms with Crippen LogP contribution in [0.3, 0.4) is 0 Å². The number of nitrogens with zero attached hydrogens (tertiary/aromatic N) is 1. The predicted molar refractivity (Wildman–Crippen MR) is 180 cm³/mol. The molecule has 268 valence electrons. The van der Waals surface area contributed by atoms with Gasteiger partial charge in [0.05, 0.1) is 31.3 Å². The summed E-state index contributed by atoms with van der Waals surface area (Å²) in [6.45, 7) is 13.5. The molecule has 47 heavy (non-hydrogen) atoms. The van der Waals surface area contributed by atoms with Crippen molar-refractivity contribution in [1.82, 2.24) is 10.4 Å². The summed E-state index contributed by atoms with van der Waals surface area (Å²) in [5, 5.41) is 10.1. The number of hydrogen-bond donors (Lipinski definition) is 2. The van der Waals surface area contributed by atoms with Crippen LogP contribution in [0.5, 0.6) is 0 Å². The van der Waals surface area contributed by atoms with Gasteiger partial charge in [0.2, 0.25) is 0 Å². The molecular formula is C34H55FN2O9S. The Kier molecular flexibility index (Phi) is 16.5. The summed E-state index contributed by atoms with van der Waals surface area (Å²) < 4.78 is 58.0. The van der Waals surface area contributed by atoms with Gasteiger partial charge in [0, 0.05) is 30.4 Å². The monoisotopic (exact) mass is 686 g/mol. The number of nitrogens with one attached hydrogen (secondary N) is 1. The van der Waals surface area contributed by atoms with Crippen molar-refractivity contribution in [1.29, 1.82) is 0 Å². The van der Waals surface area contributed by atoms with E-state index >= 15 is 4.39 Å². The van der Waals surface area contributed by atoms with Gasteiger partial charge in [-0.1, -0.05) is 51.8 Å². The van der Waals surface area contributed by atoms with E-state index in [-0.39, 0.29) is 54.3 Å². The molecule has 1 aromatic carbocycles. The number of sulfone groups is 1. The van der Waals surface area contributed by atoms with Crippen molar-refractivity contribution < 1.29 is 46.5 Å². The normalized spacial score (nSPS) is 13.9. The van der Waals surface area contributed by atoms with Gasteiger partial charge >= 0.3 is 12.1 Å². The Morgan fingerprint density at radius 2 is 1.72 bits per heavy atom. The summed E-state index contributed by atoms with van der Waals surface area (Å²) in [6.07, 6.45) is 2.67. The zero-order chi connectivity index (χ0) is 36.1. The fraction of sp³-hybridized carbons (Fsp3) is 0.676. The number of aliphatic hydroxyl groups is 1. The average molecular weight is 687 g/mol. The lowest BCUT2D eigenvalue weighted by atomic mass is 9.73. The predicted octanol–water partition coefficient (Wildman–Crippen LogP) is 5.35. The van der Waals surface area contributed by atoms with Crippen molar-refractivity contribution in [2.24, 2.45) is 5.41 Å². The highest BCUT2D eigenvalue weighted by atomic mass is 32.2. The van der Waals surface area contributed by atoms with Gasteiger partial charge in [-0.05, 0) is 65.4 Å². The Bertz CT molecular complexity index is 1340. The van der Waals surface area contributed by atoms with Gasteiger partial charge in [0.15, 0.2) is 9.84 Å². The van der Waals surface area contributed by atoms with Gasteiger partial charge in [-0.15, -0.1) is 0 Å². The van der Waals surface area contributed by atoms with E-state index in [2.05, 4.69) is 5.43 Å². The molecule has 0 radical (unpaired) electrons. The second kappa shape index (κ2) is 18.5. The second-order valence-electron chi connectivity index (χ2n) is 13.6. The first-order chi connectivity index (χ1) is 21.7. The van der Waals surface area contributed by atoms with Crippen molar-refractivity contribution in [3.63, 3.8) is 0 Å². The van der Waals surface area contributed by atoms with Crippen molar-refractivity contribution in [2.75, 3.05) is 45.0 Å². The molecule has 0 spiro atoms. The van der Waals surface area contributed by atoms with Crippen LogP contribution in [-0.2, 0) is 39.1 Å². The van der Waals surface area contributed by atoms with Gasteiger partial charge in [0.25, 0.3) is 5.91 Å². The maximum Gasteiger partial charge on any atom is 0.428 e. The van der Waals surface area contributed by atoms with E-state index in [9.17, 15) is 27.9 Å². The Hall–Kier alpha value is -3.03. The third-order valence-electron chi connectivity index (χ3n) is 7.35. The molecule has 0 saturated heterocycles. The van der Waals surface area contributed by atoms with Crippen LogP contribution in [0.1, 0.15) is 98.6 Å². The molecular weight excluding hydrogens is 631 g/mol. The molecule has 13 heteroatoms. The average Bonchev–Trinajstić information content (AvgIpc) is 2.93. The number of carbonyl (C=O) groups excluding carboxylic acids is 3. The molecule has 0 aliphatic heterocycles. The molecule has 0 aliphatic carbocycles. The highest BCUT2D eigenvalue weighted by molar-refractivity contribution is 7.91. The van der Waals surface area contributed by atoms with E-state index in [1.54, 1.807) is 47.6 Å². The molecule has 11 nitrogen and oxygen atoms in total. The van der Waals surface area contributed by atoms with E-state index in [0.717, 1.165) is 11.4 Å². The van der Waals surface area contributed by atoms with E-state index in [0.29, 0.717) is 19.4 Å².